The molecule has 0 fully saturated rings. The van der Waals surface area contributed by atoms with Gasteiger partial charge in [-0.3, -0.25) is 4.57 Å². The number of hydrogen-bond donors (Lipinski definition) is 3. The summed E-state index contributed by atoms with van der Waals surface area (Å²) in [7, 11) is 0. The molecule has 2 unspecified atom stereocenters. The van der Waals surface area contributed by atoms with E-state index in [2.05, 4.69) is 4.98 Å². The van der Waals surface area contributed by atoms with Crippen molar-refractivity contribution in [2.75, 3.05) is 0 Å². The topological polar surface area (TPSA) is 84.0 Å². The van der Waals surface area contributed by atoms with E-state index in [9.17, 15) is 4.79 Å². The Morgan fingerprint density at radius 3 is 2.92 bits per heavy atom. The molecule has 0 spiro atoms. The molecule has 0 bridgehead atoms. The Labute approximate surface area is 69.8 Å². The van der Waals surface area contributed by atoms with E-state index >= 15 is 0 Å². The lowest BCUT2D eigenvalue weighted by atomic mass is 10.2. The van der Waals surface area contributed by atoms with E-state index in [-0.39, 0.29) is 5.69 Å². The van der Waals surface area contributed by atoms with Gasteiger partial charge in [0.1, 0.15) is 0 Å². The minimum atomic E-state index is -0.605. The second-order valence-electron chi connectivity index (χ2n) is 2.82. The minimum absolute atomic E-state index is 0.203. The smallest absolute Gasteiger partial charge is 0.325 e. The fourth-order valence-electron chi connectivity index (χ4n) is 0.873. The maximum Gasteiger partial charge on any atom is 0.325 e. The number of H-pyrrole nitrogens is 1. The summed E-state index contributed by atoms with van der Waals surface area (Å²) in [4.78, 5) is 13.4. The summed E-state index contributed by atoms with van der Waals surface area (Å²) in [6.45, 7) is 1.93. The summed E-state index contributed by atoms with van der Waals surface area (Å²) in [5, 5.41) is 9.06. The molecule has 0 aliphatic heterocycles. The van der Waals surface area contributed by atoms with Crippen LogP contribution >= 0.6 is 0 Å². The van der Waals surface area contributed by atoms with Gasteiger partial charge in [0, 0.05) is 25.0 Å². The Hall–Kier alpha value is -1.07. The molecule has 0 aliphatic carbocycles. The third-order valence-electron chi connectivity index (χ3n) is 1.75. The summed E-state index contributed by atoms with van der Waals surface area (Å²) in [5.41, 5.74) is 5.35. The molecule has 0 aromatic carbocycles. The molecule has 1 aromatic heterocycles. The molecule has 4 N–H and O–H groups in total. The molecule has 1 heterocycles. The lowest BCUT2D eigenvalue weighted by Crippen LogP contribution is -2.38. The van der Waals surface area contributed by atoms with E-state index < -0.39 is 12.1 Å². The van der Waals surface area contributed by atoms with Crippen LogP contribution in [-0.2, 0) is 6.54 Å². The first-order valence-corrected chi connectivity index (χ1v) is 3.78. The number of hydrogen-bond acceptors (Lipinski definition) is 3. The van der Waals surface area contributed by atoms with Crippen molar-refractivity contribution in [2.24, 2.45) is 5.73 Å². The molecule has 1 aromatic rings. The number of aromatic nitrogens is 2. The van der Waals surface area contributed by atoms with Crippen LogP contribution in [-0.4, -0.2) is 26.8 Å². The van der Waals surface area contributed by atoms with Gasteiger partial charge in [-0.05, 0) is 6.92 Å². The highest BCUT2D eigenvalue weighted by atomic mass is 16.3. The number of aliphatic hydroxyl groups is 1. The van der Waals surface area contributed by atoms with E-state index in [1.54, 1.807) is 13.1 Å². The molecule has 0 saturated carbocycles. The van der Waals surface area contributed by atoms with E-state index in [4.69, 9.17) is 10.8 Å². The SMILES string of the molecule is CC(O)C(N)Cn1cc[nH]c1=O. The van der Waals surface area contributed by atoms with Gasteiger partial charge >= 0.3 is 5.69 Å². The number of aliphatic hydroxyl groups excluding tert-OH is 1. The summed E-state index contributed by atoms with van der Waals surface area (Å²) in [6, 6.07) is -0.404. The molecular weight excluding hydrogens is 158 g/mol. The van der Waals surface area contributed by atoms with Crippen LogP contribution in [0.2, 0.25) is 0 Å². The Morgan fingerprint density at radius 1 is 1.83 bits per heavy atom. The van der Waals surface area contributed by atoms with Crippen molar-refractivity contribution >= 4 is 0 Å². The summed E-state index contributed by atoms with van der Waals surface area (Å²) in [6.07, 6.45) is 2.54. The van der Waals surface area contributed by atoms with Crippen molar-refractivity contribution in [3.05, 3.63) is 22.9 Å². The Morgan fingerprint density at radius 2 is 2.50 bits per heavy atom. The third kappa shape index (κ3) is 1.96. The van der Waals surface area contributed by atoms with Gasteiger partial charge in [-0.1, -0.05) is 0 Å². The van der Waals surface area contributed by atoms with Crippen LogP contribution in [0, 0.1) is 0 Å². The number of imidazole rings is 1. The Bertz CT molecular complexity index is 289. The molecule has 1 rings (SSSR count). The zero-order chi connectivity index (χ0) is 9.14. The number of nitrogens with two attached hydrogens (primary N) is 1. The molecule has 12 heavy (non-hydrogen) atoms. The van der Waals surface area contributed by atoms with Gasteiger partial charge in [-0.25, -0.2) is 4.79 Å². The maximum atomic E-state index is 10.9. The first-order chi connectivity index (χ1) is 5.61. The first kappa shape index (κ1) is 9.02. The van der Waals surface area contributed by atoms with Gasteiger partial charge in [0.15, 0.2) is 0 Å². The van der Waals surface area contributed by atoms with Crippen molar-refractivity contribution in [2.45, 2.75) is 25.6 Å². The van der Waals surface area contributed by atoms with E-state index in [0.29, 0.717) is 6.54 Å². The highest BCUT2D eigenvalue weighted by Gasteiger charge is 2.10. The van der Waals surface area contributed by atoms with Crippen LogP contribution in [0.3, 0.4) is 0 Å². The largest absolute Gasteiger partial charge is 0.392 e. The van der Waals surface area contributed by atoms with Gasteiger partial charge < -0.3 is 15.8 Å². The zero-order valence-electron chi connectivity index (χ0n) is 6.90. The molecule has 0 amide bonds. The first-order valence-electron chi connectivity index (χ1n) is 3.78. The lowest BCUT2D eigenvalue weighted by molar-refractivity contribution is 0.154. The fourth-order valence-corrected chi connectivity index (χ4v) is 0.873. The summed E-state index contributed by atoms with van der Waals surface area (Å²) in [5.74, 6) is 0. The Balaban J connectivity index is 2.64. The van der Waals surface area contributed by atoms with Gasteiger partial charge in [0.2, 0.25) is 0 Å². The van der Waals surface area contributed by atoms with Crippen molar-refractivity contribution in [1.29, 1.82) is 0 Å². The number of rotatable bonds is 3. The summed E-state index contributed by atoms with van der Waals surface area (Å²) < 4.78 is 1.43. The van der Waals surface area contributed by atoms with Crippen molar-refractivity contribution in [3.63, 3.8) is 0 Å². The second kappa shape index (κ2) is 3.55. The van der Waals surface area contributed by atoms with Gasteiger partial charge in [0.25, 0.3) is 0 Å². The van der Waals surface area contributed by atoms with Crippen LogP contribution in [0.25, 0.3) is 0 Å². The predicted octanol–water partition coefficient (Wildman–Crippen LogP) is -1.12. The average molecular weight is 171 g/mol. The van der Waals surface area contributed by atoms with Gasteiger partial charge in [0.05, 0.1) is 6.10 Å². The van der Waals surface area contributed by atoms with Crippen LogP contribution < -0.4 is 11.4 Å². The van der Waals surface area contributed by atoms with Crippen molar-refractivity contribution in [3.8, 4) is 0 Å². The molecule has 5 heteroatoms. The maximum absolute atomic E-state index is 10.9. The predicted molar refractivity (Wildman–Crippen MR) is 44.7 cm³/mol. The quantitative estimate of drug-likeness (QED) is 0.539. The zero-order valence-corrected chi connectivity index (χ0v) is 6.90. The van der Waals surface area contributed by atoms with E-state index in [1.165, 1.54) is 10.8 Å². The van der Waals surface area contributed by atoms with Gasteiger partial charge in [-0.2, -0.15) is 0 Å². The molecule has 0 saturated heterocycles. The average Bonchev–Trinajstić information content (AvgIpc) is 2.36. The Kier molecular flexibility index (Phi) is 2.67. The molecule has 0 radical (unpaired) electrons. The molecular formula is C7H13N3O2. The van der Waals surface area contributed by atoms with Gasteiger partial charge in [-0.15, -0.1) is 0 Å². The van der Waals surface area contributed by atoms with Crippen molar-refractivity contribution < 1.29 is 5.11 Å². The van der Waals surface area contributed by atoms with Crippen LogP contribution in [0.5, 0.6) is 0 Å². The molecule has 68 valence electrons. The van der Waals surface area contributed by atoms with Crippen LogP contribution in [0.1, 0.15) is 6.92 Å². The fraction of sp³-hybridized carbons (Fsp3) is 0.571. The lowest BCUT2D eigenvalue weighted by Gasteiger charge is -2.13. The van der Waals surface area contributed by atoms with Crippen LogP contribution in [0.15, 0.2) is 17.2 Å². The third-order valence-corrected chi connectivity index (χ3v) is 1.75. The monoisotopic (exact) mass is 171 g/mol. The minimum Gasteiger partial charge on any atom is -0.392 e. The number of nitrogens with zero attached hydrogens (tertiary/aromatic N) is 1. The number of nitrogens with one attached hydrogen (secondary N) is 1. The standard InChI is InChI=1S/C7H13N3O2/c1-5(11)6(8)4-10-3-2-9-7(10)12/h2-3,5-6,11H,4,8H2,1H3,(H,9,12). The van der Waals surface area contributed by atoms with Crippen LogP contribution in [0.4, 0.5) is 0 Å². The highest BCUT2D eigenvalue weighted by molar-refractivity contribution is 4.79. The molecule has 2 atom stereocenters. The van der Waals surface area contributed by atoms with E-state index in [1.807, 2.05) is 0 Å². The normalized spacial score (nSPS) is 15.9. The van der Waals surface area contributed by atoms with Crippen molar-refractivity contribution in [1.82, 2.24) is 9.55 Å². The van der Waals surface area contributed by atoms with E-state index in [0.717, 1.165) is 0 Å². The molecule has 0 aliphatic rings. The summed E-state index contributed by atoms with van der Waals surface area (Å²) >= 11 is 0. The highest BCUT2D eigenvalue weighted by Crippen LogP contribution is 1.91. The molecule has 5 nitrogen and oxygen atoms in total. The number of aromatic amines is 1. The second-order valence-corrected chi connectivity index (χ2v) is 2.82.